The molecule has 0 aliphatic carbocycles. The van der Waals surface area contributed by atoms with Gasteiger partial charge in [0.15, 0.2) is 5.79 Å². The number of carbonyl (C=O) groups is 1. The van der Waals surface area contributed by atoms with Gasteiger partial charge in [-0.05, 0) is 27.7 Å². The van der Waals surface area contributed by atoms with Crippen molar-refractivity contribution in [1.29, 1.82) is 0 Å². The van der Waals surface area contributed by atoms with Crippen LogP contribution in [0.1, 0.15) is 27.7 Å². The van der Waals surface area contributed by atoms with Crippen LogP contribution in [-0.4, -0.2) is 47.0 Å². The number of rotatable bonds is 3. The van der Waals surface area contributed by atoms with Gasteiger partial charge in [0.2, 0.25) is 5.60 Å². The van der Waals surface area contributed by atoms with Crippen LogP contribution >= 0.6 is 0 Å². The summed E-state index contributed by atoms with van der Waals surface area (Å²) in [7, 11) is 0. The van der Waals surface area contributed by atoms with Crippen LogP contribution in [0.5, 0.6) is 0 Å². The largest absolute Gasteiger partial charge is 0.464 e. The minimum atomic E-state index is -2.00. The molecule has 0 spiro atoms. The fraction of sp³-hybridized carbons (Fsp3) is 0.909. The maximum absolute atomic E-state index is 12.0. The van der Waals surface area contributed by atoms with Crippen molar-refractivity contribution in [3.05, 3.63) is 0 Å². The maximum atomic E-state index is 12.0. The van der Waals surface area contributed by atoms with Crippen molar-refractivity contribution in [3.63, 3.8) is 0 Å². The van der Waals surface area contributed by atoms with E-state index in [1.807, 2.05) is 0 Å². The summed E-state index contributed by atoms with van der Waals surface area (Å²) in [6.45, 7) is 7.09. The first-order valence-corrected chi connectivity index (χ1v) is 7.06. The minimum absolute atomic E-state index is 0.199. The summed E-state index contributed by atoms with van der Waals surface area (Å²) >= 11 is -2.00. The van der Waals surface area contributed by atoms with Gasteiger partial charge in [-0.25, -0.2) is 8.98 Å². The van der Waals surface area contributed by atoms with Crippen LogP contribution in [0.25, 0.3) is 0 Å². The smallest absolute Gasteiger partial charge is 0.342 e. The Balaban J connectivity index is 2.18. The highest BCUT2D eigenvalue weighted by molar-refractivity contribution is 7.75. The second-order valence-electron chi connectivity index (χ2n) is 5.00. The first kappa shape index (κ1) is 14.9. The lowest BCUT2D eigenvalue weighted by molar-refractivity contribution is -0.175. The van der Waals surface area contributed by atoms with Crippen molar-refractivity contribution in [1.82, 2.24) is 0 Å². The van der Waals surface area contributed by atoms with Gasteiger partial charge in [-0.3, -0.25) is 4.18 Å². The van der Waals surface area contributed by atoms with E-state index in [9.17, 15) is 9.00 Å². The second-order valence-corrected chi connectivity index (χ2v) is 5.77. The van der Waals surface area contributed by atoms with Gasteiger partial charge in [-0.1, -0.05) is 0 Å². The molecule has 0 radical (unpaired) electrons. The number of hydrogen-bond acceptors (Lipinski definition) is 7. The molecule has 2 aliphatic heterocycles. The zero-order valence-electron chi connectivity index (χ0n) is 11.3. The summed E-state index contributed by atoms with van der Waals surface area (Å²) in [6, 6.07) is 0. The van der Waals surface area contributed by atoms with E-state index in [1.54, 1.807) is 20.8 Å². The summed E-state index contributed by atoms with van der Waals surface area (Å²) in [4.78, 5) is 12.0. The van der Waals surface area contributed by atoms with Gasteiger partial charge in [0.05, 0.1) is 13.2 Å². The monoisotopic (exact) mass is 294 g/mol. The Morgan fingerprint density at radius 3 is 2.63 bits per heavy atom. The SMILES string of the molecule is CCOC(=O)[C@@]1(C)OS(=O)O[C@@H]1[C@@H]1COC(C)(C)O1. The van der Waals surface area contributed by atoms with Gasteiger partial charge in [-0.2, -0.15) is 4.21 Å². The molecular formula is C11H18O7S. The van der Waals surface area contributed by atoms with E-state index in [0.29, 0.717) is 0 Å². The van der Waals surface area contributed by atoms with E-state index < -0.39 is 40.9 Å². The van der Waals surface area contributed by atoms with E-state index >= 15 is 0 Å². The first-order chi connectivity index (χ1) is 8.78. The Morgan fingerprint density at radius 2 is 2.11 bits per heavy atom. The molecule has 2 saturated heterocycles. The molecule has 0 amide bonds. The highest BCUT2D eigenvalue weighted by Crippen LogP contribution is 2.37. The lowest BCUT2D eigenvalue weighted by atomic mass is 9.95. The van der Waals surface area contributed by atoms with Gasteiger partial charge < -0.3 is 14.2 Å². The van der Waals surface area contributed by atoms with E-state index in [1.165, 1.54) is 6.92 Å². The zero-order chi connectivity index (χ0) is 14.3. The summed E-state index contributed by atoms with van der Waals surface area (Å²) in [5, 5.41) is 0. The minimum Gasteiger partial charge on any atom is -0.464 e. The lowest BCUT2D eigenvalue weighted by Crippen LogP contribution is -2.52. The summed E-state index contributed by atoms with van der Waals surface area (Å²) in [5.41, 5.74) is -1.46. The highest BCUT2D eigenvalue weighted by atomic mass is 32.2. The Labute approximate surface area is 114 Å². The van der Waals surface area contributed by atoms with Crippen LogP contribution in [-0.2, 0) is 38.7 Å². The molecule has 0 N–H and O–H groups in total. The molecule has 0 bridgehead atoms. The van der Waals surface area contributed by atoms with Crippen molar-refractivity contribution in [2.45, 2.75) is 51.3 Å². The van der Waals surface area contributed by atoms with Gasteiger partial charge in [-0.15, -0.1) is 0 Å². The third-order valence-corrected chi connectivity index (χ3v) is 3.86. The van der Waals surface area contributed by atoms with Gasteiger partial charge in [0.1, 0.15) is 12.2 Å². The number of hydrogen-bond donors (Lipinski definition) is 0. The Kier molecular flexibility index (Phi) is 3.99. The van der Waals surface area contributed by atoms with Crippen molar-refractivity contribution in [2.75, 3.05) is 13.2 Å². The molecule has 1 unspecified atom stereocenters. The van der Waals surface area contributed by atoms with E-state index in [-0.39, 0.29) is 13.2 Å². The van der Waals surface area contributed by atoms with Crippen LogP contribution in [0.3, 0.4) is 0 Å². The van der Waals surface area contributed by atoms with Crippen molar-refractivity contribution in [3.8, 4) is 0 Å². The fourth-order valence-corrected chi connectivity index (χ4v) is 3.05. The Bertz CT molecular complexity index is 397. The predicted molar refractivity (Wildman–Crippen MR) is 64.0 cm³/mol. The maximum Gasteiger partial charge on any atom is 0.342 e. The molecule has 2 fully saturated rings. The lowest BCUT2D eigenvalue weighted by Gasteiger charge is -2.27. The van der Waals surface area contributed by atoms with Crippen LogP contribution in [0, 0.1) is 0 Å². The summed E-state index contributed by atoms with van der Waals surface area (Å²) in [5.74, 6) is -1.40. The quantitative estimate of drug-likeness (QED) is 0.699. The van der Waals surface area contributed by atoms with Gasteiger partial charge >= 0.3 is 17.3 Å². The molecule has 7 nitrogen and oxygen atoms in total. The van der Waals surface area contributed by atoms with Crippen LogP contribution in [0.4, 0.5) is 0 Å². The van der Waals surface area contributed by atoms with Gasteiger partial charge in [0, 0.05) is 0 Å². The molecule has 2 rings (SSSR count). The van der Waals surface area contributed by atoms with Gasteiger partial charge in [0.25, 0.3) is 0 Å². The average Bonchev–Trinajstić information content (AvgIpc) is 2.80. The molecule has 0 aromatic heterocycles. The Hall–Kier alpha value is -0.540. The molecule has 19 heavy (non-hydrogen) atoms. The molecule has 0 aromatic rings. The molecular weight excluding hydrogens is 276 g/mol. The summed E-state index contributed by atoms with van der Waals surface area (Å²) in [6.07, 6.45) is -1.38. The summed E-state index contributed by atoms with van der Waals surface area (Å²) < 4.78 is 37.7. The van der Waals surface area contributed by atoms with Crippen molar-refractivity contribution in [2.24, 2.45) is 0 Å². The fourth-order valence-electron chi connectivity index (χ4n) is 2.09. The van der Waals surface area contributed by atoms with Crippen LogP contribution in [0.2, 0.25) is 0 Å². The zero-order valence-corrected chi connectivity index (χ0v) is 12.2. The number of esters is 1. The first-order valence-electron chi connectivity index (χ1n) is 6.06. The van der Waals surface area contributed by atoms with Crippen molar-refractivity contribution < 1.29 is 31.6 Å². The standard InChI is InChI=1S/C11H18O7S/c1-5-14-9(12)11(4)8(17-19(13)18-11)7-6-15-10(2,3)16-7/h7-8H,5-6H2,1-4H3/t7-,8+,11-,19?/m0/s1. The molecule has 0 aromatic carbocycles. The normalized spacial score (nSPS) is 41.4. The van der Waals surface area contributed by atoms with E-state index in [2.05, 4.69) is 0 Å². The topological polar surface area (TPSA) is 80.3 Å². The molecule has 4 atom stereocenters. The predicted octanol–water partition coefficient (Wildman–Crippen LogP) is 0.454. The Morgan fingerprint density at radius 1 is 1.42 bits per heavy atom. The third kappa shape index (κ3) is 2.82. The second kappa shape index (κ2) is 5.10. The van der Waals surface area contributed by atoms with Crippen molar-refractivity contribution >= 4 is 17.3 Å². The third-order valence-electron chi connectivity index (χ3n) is 3.02. The number of carbonyl (C=O) groups excluding carboxylic acids is 1. The molecule has 2 aliphatic rings. The van der Waals surface area contributed by atoms with Crippen LogP contribution in [0.15, 0.2) is 0 Å². The van der Waals surface area contributed by atoms with E-state index in [4.69, 9.17) is 22.6 Å². The average molecular weight is 294 g/mol. The van der Waals surface area contributed by atoms with Crippen LogP contribution < -0.4 is 0 Å². The molecule has 2 heterocycles. The number of ether oxygens (including phenoxy) is 3. The molecule has 8 heteroatoms. The molecule has 0 saturated carbocycles. The van der Waals surface area contributed by atoms with E-state index in [0.717, 1.165) is 0 Å². The molecule has 110 valence electrons. The highest BCUT2D eigenvalue weighted by Gasteiger charge is 2.59.